The van der Waals surface area contributed by atoms with Gasteiger partial charge in [-0.15, -0.1) is 0 Å². The van der Waals surface area contributed by atoms with Gasteiger partial charge in [-0.1, -0.05) is 0 Å². The first kappa shape index (κ1) is 24.2. The Morgan fingerprint density at radius 2 is 0.696 bits per heavy atom. The molecule has 0 amide bonds. The van der Waals surface area contributed by atoms with Crippen molar-refractivity contribution in [1.82, 2.24) is 0 Å². The summed E-state index contributed by atoms with van der Waals surface area (Å²) in [7, 11) is 4.83. The van der Waals surface area contributed by atoms with Crippen molar-refractivity contribution in [2.24, 2.45) is 0 Å². The van der Waals surface area contributed by atoms with Crippen molar-refractivity contribution >= 4 is 84.8 Å². The first-order valence-corrected chi connectivity index (χ1v) is 41.8. The average Bonchev–Trinajstić information content (AvgIpc) is 2.55. The molecule has 1 rings (SSSR count). The summed E-state index contributed by atoms with van der Waals surface area (Å²) in [4.78, 5) is 0. The number of hydrogen-bond acceptors (Lipinski definition) is 4. The summed E-state index contributed by atoms with van der Waals surface area (Å²) < 4.78 is 2.40. The Bertz CT molecular complexity index is 352. The van der Waals surface area contributed by atoms with Gasteiger partial charge in [0.1, 0.15) is 0 Å². The van der Waals surface area contributed by atoms with E-state index in [9.17, 15) is 0 Å². The van der Waals surface area contributed by atoms with Crippen LogP contribution in [0.1, 0.15) is 0 Å². The molecular formula is C14H38PbS4Si4. The van der Waals surface area contributed by atoms with Gasteiger partial charge in [0.25, 0.3) is 0 Å². The van der Waals surface area contributed by atoms with E-state index in [1.54, 1.807) is 0 Å². The molecule has 0 aliphatic carbocycles. The van der Waals surface area contributed by atoms with Crippen LogP contribution < -0.4 is 0 Å². The van der Waals surface area contributed by atoms with Crippen molar-refractivity contribution < 1.29 is 0 Å². The summed E-state index contributed by atoms with van der Waals surface area (Å²) in [5.74, 6) is 0. The zero-order valence-corrected chi connectivity index (χ0v) is 28.4. The SMILES string of the molecule is C[Si](C)(C)[CH]([Si](C)(C)C)[Pb]1([CH]([Si](C)(C)C)[Si](C)(C)C)[S]SS[S]1. The summed E-state index contributed by atoms with van der Waals surface area (Å²) in [5, 5.41) is 0. The van der Waals surface area contributed by atoms with Gasteiger partial charge in [-0.2, -0.15) is 0 Å². The molecule has 1 aliphatic heterocycles. The summed E-state index contributed by atoms with van der Waals surface area (Å²) in [6.45, 7) is 32.5. The molecule has 0 nitrogen and oxygen atoms in total. The minimum atomic E-state index is -2.57. The van der Waals surface area contributed by atoms with Crippen LogP contribution in [0.15, 0.2) is 0 Å². The van der Waals surface area contributed by atoms with Crippen molar-refractivity contribution in [3.63, 3.8) is 0 Å². The minimum absolute atomic E-state index is 1.14. The Morgan fingerprint density at radius 1 is 0.478 bits per heavy atom. The fourth-order valence-corrected chi connectivity index (χ4v) is 288. The van der Waals surface area contributed by atoms with E-state index in [4.69, 9.17) is 0 Å². The van der Waals surface area contributed by atoms with Crippen LogP contribution in [0.2, 0.25) is 84.0 Å². The zero-order chi connectivity index (χ0) is 18.5. The van der Waals surface area contributed by atoms with Gasteiger partial charge in [0, 0.05) is 0 Å². The van der Waals surface area contributed by atoms with Gasteiger partial charge >= 0.3 is 169 Å². The molecule has 1 heterocycles. The molecule has 0 atom stereocenters. The van der Waals surface area contributed by atoms with Gasteiger partial charge in [-0.25, -0.2) is 0 Å². The summed E-state index contributed by atoms with van der Waals surface area (Å²) >= 11 is -2.57. The van der Waals surface area contributed by atoms with Gasteiger partial charge in [-0.05, 0) is 0 Å². The van der Waals surface area contributed by atoms with E-state index < -0.39 is 50.5 Å². The number of rotatable bonds is 6. The first-order chi connectivity index (χ1) is 9.94. The molecule has 1 fully saturated rings. The Kier molecular flexibility index (Phi) is 8.32. The van der Waals surface area contributed by atoms with Gasteiger partial charge in [0.15, 0.2) is 0 Å². The third kappa shape index (κ3) is 5.83. The van der Waals surface area contributed by atoms with Crippen LogP contribution in [0.4, 0.5) is 0 Å². The van der Waals surface area contributed by atoms with E-state index in [0.29, 0.717) is 0 Å². The third-order valence-corrected chi connectivity index (χ3v) is 157. The second-order valence-corrected chi connectivity index (χ2v) is 83.5. The van der Waals surface area contributed by atoms with Crippen LogP contribution in [0.5, 0.6) is 0 Å². The molecule has 0 saturated carbocycles. The van der Waals surface area contributed by atoms with Crippen LogP contribution in [-0.2, 0) is 0 Å². The van der Waals surface area contributed by atoms with Gasteiger partial charge < -0.3 is 0 Å². The zero-order valence-electron chi connectivity index (χ0n) is 17.3. The van der Waals surface area contributed by atoms with E-state index >= 15 is 0 Å². The maximum atomic E-state index is 2.71. The predicted octanol–water partition coefficient (Wildman–Crippen LogP) is 8.37. The third-order valence-electron chi connectivity index (χ3n) is 4.63. The topological polar surface area (TPSA) is 0 Å². The molecule has 138 valence electrons. The Balaban J connectivity index is 3.63. The van der Waals surface area contributed by atoms with Crippen LogP contribution in [0, 0.1) is 0 Å². The molecule has 9 heteroatoms. The van der Waals surface area contributed by atoms with E-state index in [0.717, 1.165) is 0 Å². The first-order valence-electron chi connectivity index (χ1n) is 8.64. The van der Waals surface area contributed by atoms with Gasteiger partial charge in [0.05, 0.1) is 0 Å². The molecule has 0 aromatic heterocycles. The fourth-order valence-electron chi connectivity index (χ4n) is 5.52. The fraction of sp³-hybridized carbons (Fsp3) is 1.00. The molecule has 1 aliphatic rings. The molecule has 23 heavy (non-hydrogen) atoms. The average molecular weight is 654 g/mol. The van der Waals surface area contributed by atoms with Crippen LogP contribution in [0.3, 0.4) is 0 Å². The van der Waals surface area contributed by atoms with E-state index in [1.807, 2.05) is 0 Å². The van der Waals surface area contributed by atoms with Crippen molar-refractivity contribution in [3.8, 4) is 0 Å². The Morgan fingerprint density at radius 3 is 0.870 bits per heavy atom. The molecule has 0 bridgehead atoms. The molecule has 0 aromatic carbocycles. The van der Waals surface area contributed by atoms with Gasteiger partial charge in [-0.3, -0.25) is 0 Å². The summed E-state index contributed by atoms with van der Waals surface area (Å²) in [5.41, 5.74) is 0. The quantitative estimate of drug-likeness (QED) is 0.209. The van der Waals surface area contributed by atoms with E-state index in [2.05, 4.69) is 113 Å². The van der Waals surface area contributed by atoms with Crippen LogP contribution in [0.25, 0.3) is 0 Å². The second-order valence-electron chi connectivity index (χ2n) is 11.4. The van der Waals surface area contributed by atoms with E-state index in [-0.39, 0.29) is 0 Å². The molecule has 0 aromatic rings. The van der Waals surface area contributed by atoms with Gasteiger partial charge in [0.2, 0.25) is 0 Å². The molecule has 0 spiro atoms. The Hall–Kier alpha value is 3.19. The molecular weight excluding hydrogens is 616 g/mol. The normalized spacial score (nSPS) is 20.6. The monoisotopic (exact) mass is 654 g/mol. The summed E-state index contributed by atoms with van der Waals surface area (Å²) in [6.07, 6.45) is 0. The Labute approximate surface area is 166 Å². The van der Waals surface area contributed by atoms with Crippen molar-refractivity contribution in [2.75, 3.05) is 0 Å². The van der Waals surface area contributed by atoms with Crippen LogP contribution >= 0.6 is 34.3 Å². The molecule has 1 saturated heterocycles. The van der Waals surface area contributed by atoms with Crippen LogP contribution in [-0.4, -0.2) is 50.5 Å². The van der Waals surface area contributed by atoms with Crippen molar-refractivity contribution in [2.45, 2.75) is 84.0 Å². The number of hydrogen-bond donors (Lipinski definition) is 0. The predicted molar refractivity (Wildman–Crippen MR) is 137 cm³/mol. The summed E-state index contributed by atoms with van der Waals surface area (Å²) in [6, 6.07) is 0. The van der Waals surface area contributed by atoms with Crippen molar-refractivity contribution in [1.29, 1.82) is 0 Å². The molecule has 0 radical (unpaired) electrons. The second kappa shape index (κ2) is 7.90. The molecule has 0 unspecified atom stereocenters. The standard InChI is InChI=1S/2C7H19Si2.Pb.H2S4/c2*1-8(2,3)7-9(4,5)6;;1-3-4-2/h2*7H,1-6H3;;1-2H/q;;+2;/p-2. The maximum absolute atomic E-state index is 2.71. The molecule has 0 N–H and O–H groups in total. The van der Waals surface area contributed by atoms with Crippen molar-refractivity contribution in [3.05, 3.63) is 0 Å². The van der Waals surface area contributed by atoms with E-state index in [1.165, 1.54) is 5.45 Å².